The Morgan fingerprint density at radius 2 is 0.645 bits per heavy atom. The minimum Gasteiger partial charge on any atom is -0.462 e. The first-order valence-electron chi connectivity index (χ1n) is 31.9. The number of carbonyl (C=O) groups excluding carboxylic acids is 3. The van der Waals surface area contributed by atoms with Gasteiger partial charge in [0.1, 0.15) is 12.7 Å². The van der Waals surface area contributed by atoms with E-state index in [1.807, 2.05) is 0 Å². The molecule has 0 aromatic rings. The van der Waals surface area contributed by atoms with E-state index in [0.717, 1.165) is 89.9 Å². The molecule has 0 rings (SSSR count). The lowest BCUT2D eigenvalue weighted by Gasteiger charge is -2.21. The van der Waals surface area contributed by atoms with E-state index >= 15 is 0 Å². The van der Waals surface area contributed by atoms with Crippen molar-refractivity contribution in [3.8, 4) is 0 Å². The van der Waals surface area contributed by atoms with Crippen LogP contribution in [0.4, 0.5) is 0 Å². The zero-order chi connectivity index (χ0) is 55.5. The van der Waals surface area contributed by atoms with Crippen LogP contribution in [0.25, 0.3) is 0 Å². The van der Waals surface area contributed by atoms with Gasteiger partial charge < -0.3 is 24.2 Å². The summed E-state index contributed by atoms with van der Waals surface area (Å²) in [4.78, 5) is 48.7. The molecule has 0 heterocycles. The van der Waals surface area contributed by atoms with E-state index in [9.17, 15) is 28.9 Å². The van der Waals surface area contributed by atoms with E-state index in [4.69, 9.17) is 23.3 Å². The standard InChI is InChI=1S/C64H119O11P/c1-4-7-10-13-16-19-22-25-27-29-30-32-34-37-40-43-46-49-52-55-64(68)75-61(57-71-62(66)53-50-47-44-41-38-36-33-31-28-26-23-20-17-14-11-8-5-2)59-73-76(69,70)72-58-60(56-65)74-63(67)54-51-48-45-42-39-35-24-21-18-15-12-9-6-3/h16,19,25,27,30,32,60-61,65H,4-15,17-18,20-24,26,28-29,31,33-59H2,1-3H3,(H,69,70)/b19-16-,27-25-,32-30-. The summed E-state index contributed by atoms with van der Waals surface area (Å²) in [5, 5.41) is 9.83. The summed E-state index contributed by atoms with van der Waals surface area (Å²) in [5.41, 5.74) is 0. The number of rotatable bonds is 60. The molecule has 0 saturated carbocycles. The summed E-state index contributed by atoms with van der Waals surface area (Å²) in [7, 11) is -4.75. The van der Waals surface area contributed by atoms with Gasteiger partial charge in [0.05, 0.1) is 19.8 Å². The third-order valence-electron chi connectivity index (χ3n) is 14.1. The van der Waals surface area contributed by atoms with Crippen molar-refractivity contribution in [3.05, 3.63) is 36.5 Å². The summed E-state index contributed by atoms with van der Waals surface area (Å²) in [6.45, 7) is 4.67. The third-order valence-corrected chi connectivity index (χ3v) is 15.0. The highest BCUT2D eigenvalue weighted by molar-refractivity contribution is 7.47. The Bertz CT molecular complexity index is 1420. The number of allylic oxidation sites excluding steroid dienone is 6. The van der Waals surface area contributed by atoms with Gasteiger partial charge >= 0.3 is 25.7 Å². The molecule has 0 amide bonds. The van der Waals surface area contributed by atoms with Gasteiger partial charge in [-0.1, -0.05) is 276 Å². The Labute approximate surface area is 467 Å². The molecule has 3 atom stereocenters. The van der Waals surface area contributed by atoms with Crippen LogP contribution >= 0.6 is 7.82 Å². The minimum absolute atomic E-state index is 0.157. The van der Waals surface area contributed by atoms with Gasteiger partial charge in [-0.15, -0.1) is 0 Å². The molecule has 0 radical (unpaired) electrons. The molecular weight excluding hydrogens is 976 g/mol. The fourth-order valence-corrected chi connectivity index (χ4v) is 9.97. The Balaban J connectivity index is 4.70. The number of hydrogen-bond donors (Lipinski definition) is 2. The molecule has 446 valence electrons. The van der Waals surface area contributed by atoms with Crippen molar-refractivity contribution >= 4 is 25.7 Å². The Morgan fingerprint density at radius 1 is 0.368 bits per heavy atom. The molecule has 2 N–H and O–H groups in total. The molecule has 3 unspecified atom stereocenters. The molecule has 0 aliphatic rings. The van der Waals surface area contributed by atoms with Crippen molar-refractivity contribution in [2.45, 2.75) is 328 Å². The van der Waals surface area contributed by atoms with Crippen molar-refractivity contribution in [1.29, 1.82) is 0 Å². The number of aliphatic hydroxyl groups is 1. The van der Waals surface area contributed by atoms with Gasteiger partial charge in [0, 0.05) is 19.3 Å². The summed E-state index contributed by atoms with van der Waals surface area (Å²) in [6, 6.07) is 0. The molecule has 0 spiro atoms. The van der Waals surface area contributed by atoms with Crippen LogP contribution in [0.1, 0.15) is 316 Å². The molecule has 0 aliphatic heterocycles. The SMILES string of the molecule is CCCCC/C=C\C/C=C\C/C=C\CCCCCCCCC(=O)OC(COC(=O)CCCCCCCCCCCCCCCCCCC)COP(=O)(O)OCC(CO)OC(=O)CCCCCCCCCCCCCCC. The Hall–Kier alpha value is -2.30. The second kappa shape index (κ2) is 58.8. The van der Waals surface area contributed by atoms with Crippen molar-refractivity contribution in [2.75, 3.05) is 26.4 Å². The van der Waals surface area contributed by atoms with Gasteiger partial charge in [0.15, 0.2) is 6.10 Å². The maximum absolute atomic E-state index is 12.9. The third kappa shape index (κ3) is 56.4. The van der Waals surface area contributed by atoms with Crippen LogP contribution in [0.3, 0.4) is 0 Å². The van der Waals surface area contributed by atoms with Crippen LogP contribution in [-0.2, 0) is 42.2 Å². The monoisotopic (exact) mass is 1090 g/mol. The highest BCUT2D eigenvalue weighted by atomic mass is 31.2. The largest absolute Gasteiger partial charge is 0.472 e. The fraction of sp³-hybridized carbons (Fsp3) is 0.859. The van der Waals surface area contributed by atoms with Gasteiger partial charge in [0.2, 0.25) is 0 Å². The number of aliphatic hydroxyl groups excluding tert-OH is 1. The molecule has 0 saturated heterocycles. The number of phosphoric acid groups is 1. The number of esters is 3. The second-order valence-electron chi connectivity index (χ2n) is 21.6. The minimum atomic E-state index is -4.75. The summed E-state index contributed by atoms with van der Waals surface area (Å²) >= 11 is 0. The van der Waals surface area contributed by atoms with Crippen LogP contribution in [0, 0.1) is 0 Å². The van der Waals surface area contributed by atoms with Crippen LogP contribution in [0.15, 0.2) is 36.5 Å². The predicted molar refractivity (Wildman–Crippen MR) is 316 cm³/mol. The molecule has 0 bridgehead atoms. The van der Waals surface area contributed by atoms with Gasteiger partial charge in [-0.3, -0.25) is 23.4 Å². The number of carbonyl (C=O) groups is 3. The van der Waals surface area contributed by atoms with E-state index < -0.39 is 57.8 Å². The highest BCUT2D eigenvalue weighted by Gasteiger charge is 2.28. The molecule has 0 aromatic carbocycles. The van der Waals surface area contributed by atoms with E-state index in [0.29, 0.717) is 19.3 Å². The van der Waals surface area contributed by atoms with Crippen molar-refractivity contribution < 1.29 is 52.2 Å². The van der Waals surface area contributed by atoms with Gasteiger partial charge in [-0.25, -0.2) is 4.57 Å². The lowest BCUT2D eigenvalue weighted by Crippen LogP contribution is -2.30. The molecule has 0 aliphatic carbocycles. The highest BCUT2D eigenvalue weighted by Crippen LogP contribution is 2.43. The predicted octanol–water partition coefficient (Wildman–Crippen LogP) is 19.2. The van der Waals surface area contributed by atoms with Crippen LogP contribution in [0.5, 0.6) is 0 Å². The maximum atomic E-state index is 12.9. The van der Waals surface area contributed by atoms with E-state index in [1.54, 1.807) is 0 Å². The van der Waals surface area contributed by atoms with Crippen LogP contribution in [0.2, 0.25) is 0 Å². The summed E-state index contributed by atoms with van der Waals surface area (Å²) < 4.78 is 39.7. The van der Waals surface area contributed by atoms with Crippen molar-refractivity contribution in [2.24, 2.45) is 0 Å². The number of unbranched alkanes of at least 4 members (excludes halogenated alkanes) is 37. The van der Waals surface area contributed by atoms with Crippen molar-refractivity contribution in [1.82, 2.24) is 0 Å². The molecule has 0 fully saturated rings. The average molecular weight is 1100 g/mol. The average Bonchev–Trinajstić information content (AvgIpc) is 3.41. The number of hydrogen-bond acceptors (Lipinski definition) is 10. The van der Waals surface area contributed by atoms with Crippen molar-refractivity contribution in [3.63, 3.8) is 0 Å². The molecule has 0 aromatic heterocycles. The van der Waals surface area contributed by atoms with Gasteiger partial charge in [0.25, 0.3) is 0 Å². The zero-order valence-corrected chi connectivity index (χ0v) is 50.4. The maximum Gasteiger partial charge on any atom is 0.472 e. The fourth-order valence-electron chi connectivity index (χ4n) is 9.19. The smallest absolute Gasteiger partial charge is 0.462 e. The first-order chi connectivity index (χ1) is 37.2. The molecule has 76 heavy (non-hydrogen) atoms. The molecule has 11 nitrogen and oxygen atoms in total. The van der Waals surface area contributed by atoms with Gasteiger partial charge in [-0.05, 0) is 57.8 Å². The summed E-state index contributed by atoms with van der Waals surface area (Å²) in [5.74, 6) is -1.45. The number of phosphoric ester groups is 1. The first-order valence-corrected chi connectivity index (χ1v) is 33.4. The second-order valence-corrected chi connectivity index (χ2v) is 23.0. The van der Waals surface area contributed by atoms with Crippen LogP contribution < -0.4 is 0 Å². The topological polar surface area (TPSA) is 155 Å². The lowest BCUT2D eigenvalue weighted by atomic mass is 10.0. The Kier molecular flexibility index (Phi) is 57.1. The molecule has 12 heteroatoms. The quantitative estimate of drug-likeness (QED) is 0.0197. The van der Waals surface area contributed by atoms with Crippen LogP contribution in [-0.4, -0.2) is 66.5 Å². The van der Waals surface area contributed by atoms with E-state index in [1.165, 1.54) is 167 Å². The molecular formula is C64H119O11P. The Morgan fingerprint density at radius 3 is 1.01 bits per heavy atom. The first kappa shape index (κ1) is 73.7. The summed E-state index contributed by atoms with van der Waals surface area (Å²) in [6.07, 6.45) is 62.3. The van der Waals surface area contributed by atoms with Gasteiger partial charge in [-0.2, -0.15) is 0 Å². The number of ether oxygens (including phenoxy) is 3. The van der Waals surface area contributed by atoms with E-state index in [2.05, 4.69) is 57.2 Å². The zero-order valence-electron chi connectivity index (χ0n) is 49.5. The van der Waals surface area contributed by atoms with E-state index in [-0.39, 0.29) is 25.9 Å². The normalized spacial score (nSPS) is 13.5. The lowest BCUT2D eigenvalue weighted by molar-refractivity contribution is -0.161.